The molecular weight excluding hydrogens is 503 g/mol. The molecular formula is C23H18F3N3O2S3. The summed E-state index contributed by atoms with van der Waals surface area (Å²) in [6.45, 7) is 0. The predicted octanol–water partition coefficient (Wildman–Crippen LogP) is 6.44. The van der Waals surface area contributed by atoms with E-state index in [1.807, 2.05) is 17.5 Å². The highest BCUT2D eigenvalue weighted by atomic mass is 32.2. The number of aromatic nitrogens is 2. The van der Waals surface area contributed by atoms with Crippen LogP contribution in [0.1, 0.15) is 47.6 Å². The number of halogens is 3. The number of benzene rings is 1. The average molecular weight is 522 g/mol. The van der Waals surface area contributed by atoms with Crippen LogP contribution in [0.25, 0.3) is 0 Å². The minimum Gasteiger partial charge on any atom is -0.294 e. The van der Waals surface area contributed by atoms with Crippen LogP contribution in [0.5, 0.6) is 0 Å². The number of alkyl halides is 3. The number of hydrogen-bond donors (Lipinski definition) is 0. The summed E-state index contributed by atoms with van der Waals surface area (Å²) in [6.07, 6.45) is -2.45. The van der Waals surface area contributed by atoms with Crippen molar-refractivity contribution in [3.05, 3.63) is 69.1 Å². The number of allylic oxidation sites excluding steroid dienone is 2. The second-order valence-corrected chi connectivity index (χ2v) is 11.1. The zero-order valence-electron chi connectivity index (χ0n) is 17.7. The molecule has 34 heavy (non-hydrogen) atoms. The first-order valence-corrected chi connectivity index (χ1v) is 13.2. The van der Waals surface area contributed by atoms with E-state index in [2.05, 4.69) is 10.2 Å². The molecule has 11 heteroatoms. The second-order valence-electron chi connectivity index (χ2n) is 7.98. The number of amides is 1. The van der Waals surface area contributed by atoms with Crippen molar-refractivity contribution in [1.82, 2.24) is 10.2 Å². The van der Waals surface area contributed by atoms with Crippen molar-refractivity contribution < 1.29 is 22.8 Å². The maximum Gasteiger partial charge on any atom is 0.416 e. The van der Waals surface area contributed by atoms with Gasteiger partial charge in [-0.05, 0) is 35.9 Å². The van der Waals surface area contributed by atoms with Crippen molar-refractivity contribution in [2.75, 3.05) is 4.90 Å². The molecule has 3 heterocycles. The van der Waals surface area contributed by atoms with Crippen LogP contribution in [-0.4, -0.2) is 21.9 Å². The van der Waals surface area contributed by atoms with Gasteiger partial charge < -0.3 is 0 Å². The van der Waals surface area contributed by atoms with E-state index in [9.17, 15) is 22.8 Å². The Morgan fingerprint density at radius 1 is 1.12 bits per heavy atom. The predicted molar refractivity (Wildman–Crippen MR) is 126 cm³/mol. The van der Waals surface area contributed by atoms with E-state index >= 15 is 0 Å². The van der Waals surface area contributed by atoms with Crippen LogP contribution in [-0.2, 0) is 21.5 Å². The van der Waals surface area contributed by atoms with Gasteiger partial charge in [0.05, 0.1) is 5.56 Å². The van der Waals surface area contributed by atoms with Crippen LogP contribution in [0.15, 0.2) is 57.4 Å². The number of anilines is 1. The molecule has 3 aromatic rings. The smallest absolute Gasteiger partial charge is 0.294 e. The van der Waals surface area contributed by atoms with Gasteiger partial charge in [0, 0.05) is 40.7 Å². The topological polar surface area (TPSA) is 63.2 Å². The fourth-order valence-corrected chi connectivity index (χ4v) is 6.95. The standard InChI is InChI=1S/C23H18F3N3O2S3/c24-23(25,26)14-5-1-4-13(10-14)12-33-22-28-27-21(34-22)29-16-6-2-7-17(30)20(16)15(11-19(29)31)18-8-3-9-32-18/h1,3-5,8-10,15H,2,6-7,11-12H2/t15-/m1/s1. The van der Waals surface area contributed by atoms with Crippen LogP contribution in [0.4, 0.5) is 18.3 Å². The van der Waals surface area contributed by atoms with Gasteiger partial charge in [-0.3, -0.25) is 14.5 Å². The molecule has 1 atom stereocenters. The van der Waals surface area contributed by atoms with Crippen LogP contribution in [0.3, 0.4) is 0 Å². The zero-order valence-corrected chi connectivity index (χ0v) is 20.1. The molecule has 1 aliphatic heterocycles. The first-order chi connectivity index (χ1) is 16.3. The molecule has 0 bridgehead atoms. The van der Waals surface area contributed by atoms with E-state index in [4.69, 9.17) is 0 Å². The number of ketones is 1. The summed E-state index contributed by atoms with van der Waals surface area (Å²) in [5.41, 5.74) is 1.23. The number of thioether (sulfide) groups is 1. The Balaban J connectivity index is 1.39. The van der Waals surface area contributed by atoms with Gasteiger partial charge in [-0.1, -0.05) is 47.4 Å². The van der Waals surface area contributed by atoms with Crippen LogP contribution in [0, 0.1) is 0 Å². The quantitative estimate of drug-likeness (QED) is 0.286. The first kappa shape index (κ1) is 23.3. The molecule has 5 rings (SSSR count). The second kappa shape index (κ2) is 9.27. The maximum atomic E-state index is 13.2. The molecule has 0 fully saturated rings. The Labute approximate surface area is 205 Å². The van der Waals surface area contributed by atoms with Crippen molar-refractivity contribution in [3.8, 4) is 0 Å². The minimum atomic E-state index is -4.39. The lowest BCUT2D eigenvalue weighted by Gasteiger charge is -2.36. The van der Waals surface area contributed by atoms with E-state index in [0.29, 0.717) is 51.3 Å². The summed E-state index contributed by atoms with van der Waals surface area (Å²) in [4.78, 5) is 28.6. The summed E-state index contributed by atoms with van der Waals surface area (Å²) in [5, 5.41) is 10.7. The molecule has 1 aliphatic carbocycles. The Morgan fingerprint density at radius 2 is 1.97 bits per heavy atom. The molecule has 2 aliphatic rings. The summed E-state index contributed by atoms with van der Waals surface area (Å²) in [5.74, 6) is 0.00630. The van der Waals surface area contributed by atoms with Gasteiger partial charge in [0.1, 0.15) is 0 Å². The monoisotopic (exact) mass is 521 g/mol. The average Bonchev–Trinajstić information content (AvgIpc) is 3.49. The maximum absolute atomic E-state index is 13.2. The van der Waals surface area contributed by atoms with Crippen LogP contribution in [0.2, 0.25) is 0 Å². The van der Waals surface area contributed by atoms with Crippen molar-refractivity contribution in [1.29, 1.82) is 0 Å². The van der Waals surface area contributed by atoms with Gasteiger partial charge in [-0.25, -0.2) is 0 Å². The Morgan fingerprint density at radius 3 is 2.74 bits per heavy atom. The number of carbonyl (C=O) groups excluding carboxylic acids is 2. The van der Waals surface area contributed by atoms with Gasteiger partial charge >= 0.3 is 6.18 Å². The third-order valence-corrected chi connectivity index (χ3v) is 8.86. The van der Waals surface area contributed by atoms with Crippen molar-refractivity contribution >= 4 is 51.3 Å². The number of rotatable bonds is 5. The van der Waals surface area contributed by atoms with Gasteiger partial charge in [-0.2, -0.15) is 13.2 Å². The first-order valence-electron chi connectivity index (χ1n) is 10.6. The molecule has 5 nitrogen and oxygen atoms in total. The molecule has 0 unspecified atom stereocenters. The minimum absolute atomic E-state index is 0.0702. The number of carbonyl (C=O) groups is 2. The molecule has 1 aromatic carbocycles. The van der Waals surface area contributed by atoms with E-state index in [0.717, 1.165) is 17.0 Å². The fraction of sp³-hybridized carbons (Fsp3) is 0.304. The molecule has 2 aromatic heterocycles. The molecule has 0 radical (unpaired) electrons. The van der Waals surface area contributed by atoms with E-state index < -0.39 is 11.7 Å². The fourth-order valence-electron chi connectivity index (χ4n) is 4.28. The highest BCUT2D eigenvalue weighted by Crippen LogP contribution is 2.45. The number of nitrogens with zero attached hydrogens (tertiary/aromatic N) is 3. The van der Waals surface area contributed by atoms with Gasteiger partial charge in [0.2, 0.25) is 11.0 Å². The van der Waals surface area contributed by atoms with Gasteiger partial charge in [0.15, 0.2) is 10.1 Å². The lowest BCUT2D eigenvalue weighted by Crippen LogP contribution is -2.40. The Kier molecular flexibility index (Phi) is 6.34. The molecule has 0 saturated carbocycles. The summed E-state index contributed by atoms with van der Waals surface area (Å²) in [7, 11) is 0. The van der Waals surface area contributed by atoms with E-state index in [1.54, 1.807) is 17.4 Å². The highest BCUT2D eigenvalue weighted by Gasteiger charge is 2.41. The number of hydrogen-bond acceptors (Lipinski definition) is 7. The zero-order chi connectivity index (χ0) is 23.9. The van der Waals surface area contributed by atoms with Crippen molar-refractivity contribution in [2.45, 2.75) is 47.9 Å². The lowest BCUT2D eigenvalue weighted by molar-refractivity contribution is -0.137. The Bertz CT molecular complexity index is 1270. The molecule has 0 spiro atoms. The Hall–Kier alpha value is -2.50. The van der Waals surface area contributed by atoms with E-state index in [-0.39, 0.29) is 24.0 Å². The van der Waals surface area contributed by atoms with Crippen LogP contribution >= 0.6 is 34.4 Å². The largest absolute Gasteiger partial charge is 0.416 e. The molecule has 1 amide bonds. The summed E-state index contributed by atoms with van der Waals surface area (Å²) in [6, 6.07) is 9.06. The van der Waals surface area contributed by atoms with E-state index in [1.165, 1.54) is 34.1 Å². The lowest BCUT2D eigenvalue weighted by atomic mass is 9.80. The third kappa shape index (κ3) is 4.56. The summed E-state index contributed by atoms with van der Waals surface area (Å²) >= 11 is 4.02. The van der Waals surface area contributed by atoms with Gasteiger partial charge in [-0.15, -0.1) is 21.5 Å². The number of thiophene rings is 1. The SMILES string of the molecule is O=C1CCCC2=C1[C@@H](c1cccs1)CC(=O)N2c1nnc(SCc2cccc(C(F)(F)F)c2)s1. The molecule has 0 saturated heterocycles. The van der Waals surface area contributed by atoms with Gasteiger partial charge in [0.25, 0.3) is 0 Å². The van der Waals surface area contributed by atoms with Crippen molar-refractivity contribution in [2.24, 2.45) is 0 Å². The normalized spacial score (nSPS) is 19.0. The highest BCUT2D eigenvalue weighted by molar-refractivity contribution is 8.00. The third-order valence-electron chi connectivity index (χ3n) is 5.77. The van der Waals surface area contributed by atoms with Crippen LogP contribution < -0.4 is 4.90 Å². The summed E-state index contributed by atoms with van der Waals surface area (Å²) < 4.78 is 39.4. The molecule has 0 N–H and O–H groups in total. The van der Waals surface area contributed by atoms with Crippen molar-refractivity contribution in [3.63, 3.8) is 0 Å². The molecule has 176 valence electrons. The number of Topliss-reactive ketones (excluding diaryl/α,β-unsaturated/α-hetero) is 1.